The second kappa shape index (κ2) is 9.81. The summed E-state index contributed by atoms with van der Waals surface area (Å²) in [6.45, 7) is 6.49. The molecule has 1 unspecified atom stereocenters. The van der Waals surface area contributed by atoms with Gasteiger partial charge in [-0.05, 0) is 45.2 Å². The molecule has 5 heterocycles. The number of morpholine rings is 1. The standard InChI is InChI=1S/C23H31N5O5P/c1-3-33-34(29,30)19-14-20(27-11-13-31-15-16(27)2)26-22-17(19)7-9-24-23(22)18-8-10-25-28(18)21-6-4-5-12-32-21/h7-10,14,16,21,29-30H,3-6,11-13,15H2,1-2H3/q+1/t16-,21?/m1/s1. The maximum atomic E-state index is 11.0. The van der Waals surface area contributed by atoms with Crippen molar-refractivity contribution in [2.75, 3.05) is 37.9 Å². The lowest BCUT2D eigenvalue weighted by molar-refractivity contribution is -0.0383. The molecule has 10 nitrogen and oxygen atoms in total. The highest BCUT2D eigenvalue weighted by Crippen LogP contribution is 2.52. The van der Waals surface area contributed by atoms with E-state index < -0.39 is 7.94 Å². The molecule has 34 heavy (non-hydrogen) atoms. The summed E-state index contributed by atoms with van der Waals surface area (Å²) < 4.78 is 18.9. The molecular formula is C23H31N5O5P+. The van der Waals surface area contributed by atoms with Crippen molar-refractivity contribution in [3.63, 3.8) is 0 Å². The summed E-state index contributed by atoms with van der Waals surface area (Å²) in [6.07, 6.45) is 6.22. The first-order chi connectivity index (χ1) is 16.5. The fourth-order valence-corrected chi connectivity index (χ4v) is 5.94. The second-order valence-corrected chi connectivity index (χ2v) is 10.4. The van der Waals surface area contributed by atoms with Crippen LogP contribution >= 0.6 is 7.94 Å². The maximum absolute atomic E-state index is 11.0. The van der Waals surface area contributed by atoms with Gasteiger partial charge in [0.1, 0.15) is 17.0 Å². The normalized spacial score (nSPS) is 21.8. The highest BCUT2D eigenvalue weighted by Gasteiger charge is 2.42. The minimum atomic E-state index is -3.85. The molecule has 2 aliphatic rings. The molecule has 0 bridgehead atoms. The van der Waals surface area contributed by atoms with Crippen molar-refractivity contribution < 1.29 is 23.8 Å². The minimum absolute atomic E-state index is 0.0880. The lowest BCUT2D eigenvalue weighted by Crippen LogP contribution is -2.44. The lowest BCUT2D eigenvalue weighted by atomic mass is 10.1. The number of anilines is 1. The quantitative estimate of drug-likeness (QED) is 0.506. The van der Waals surface area contributed by atoms with Crippen LogP contribution in [0.2, 0.25) is 0 Å². The Hall–Kier alpha value is -2.20. The third-order valence-electron chi connectivity index (χ3n) is 6.32. The zero-order valence-corrected chi connectivity index (χ0v) is 20.4. The van der Waals surface area contributed by atoms with Crippen LogP contribution in [0.4, 0.5) is 5.82 Å². The molecule has 11 heteroatoms. The molecule has 2 fully saturated rings. The van der Waals surface area contributed by atoms with Crippen LogP contribution in [-0.2, 0) is 14.0 Å². The molecule has 0 aromatic carbocycles. The maximum Gasteiger partial charge on any atom is 0.444 e. The van der Waals surface area contributed by atoms with E-state index in [1.807, 2.05) is 10.7 Å². The molecule has 3 aromatic rings. The van der Waals surface area contributed by atoms with Gasteiger partial charge in [0.25, 0.3) is 0 Å². The summed E-state index contributed by atoms with van der Waals surface area (Å²) >= 11 is 0. The topological polar surface area (TPSA) is 115 Å². The zero-order chi connectivity index (χ0) is 23.7. The van der Waals surface area contributed by atoms with Gasteiger partial charge in [0.05, 0.1) is 36.9 Å². The van der Waals surface area contributed by atoms with Crippen LogP contribution in [0.3, 0.4) is 0 Å². The predicted molar refractivity (Wildman–Crippen MR) is 130 cm³/mol. The molecule has 2 atom stereocenters. The summed E-state index contributed by atoms with van der Waals surface area (Å²) in [5.41, 5.74) is 1.96. The van der Waals surface area contributed by atoms with E-state index in [4.69, 9.17) is 19.0 Å². The van der Waals surface area contributed by atoms with Gasteiger partial charge in [-0.1, -0.05) is 0 Å². The number of hydrogen-bond donors (Lipinski definition) is 2. The average Bonchev–Trinajstić information content (AvgIpc) is 3.33. The third-order valence-corrected chi connectivity index (χ3v) is 7.93. The second-order valence-electron chi connectivity index (χ2n) is 8.62. The number of pyridine rings is 2. The van der Waals surface area contributed by atoms with E-state index in [2.05, 4.69) is 21.9 Å². The van der Waals surface area contributed by atoms with E-state index in [0.29, 0.717) is 54.1 Å². The van der Waals surface area contributed by atoms with Gasteiger partial charge in [0.2, 0.25) is 0 Å². The molecule has 2 aliphatic heterocycles. The predicted octanol–water partition coefficient (Wildman–Crippen LogP) is 2.83. The first-order valence-corrected chi connectivity index (χ1v) is 13.4. The summed E-state index contributed by atoms with van der Waals surface area (Å²) in [7, 11) is -3.85. The van der Waals surface area contributed by atoms with Crippen LogP contribution < -0.4 is 10.2 Å². The van der Waals surface area contributed by atoms with E-state index in [9.17, 15) is 9.79 Å². The smallest absolute Gasteiger partial charge is 0.377 e. The summed E-state index contributed by atoms with van der Waals surface area (Å²) in [6, 6.07) is 5.48. The van der Waals surface area contributed by atoms with Gasteiger partial charge in [-0.3, -0.25) is 4.98 Å². The van der Waals surface area contributed by atoms with Crippen molar-refractivity contribution in [2.45, 2.75) is 45.4 Å². The van der Waals surface area contributed by atoms with Crippen molar-refractivity contribution >= 4 is 30.0 Å². The molecule has 0 saturated carbocycles. The van der Waals surface area contributed by atoms with Crippen molar-refractivity contribution in [1.82, 2.24) is 19.7 Å². The Kier molecular flexibility index (Phi) is 6.79. The molecule has 0 radical (unpaired) electrons. The number of nitrogens with zero attached hydrogens (tertiary/aromatic N) is 5. The highest BCUT2D eigenvalue weighted by molar-refractivity contribution is 7.68. The van der Waals surface area contributed by atoms with E-state index in [1.54, 1.807) is 31.5 Å². The average molecular weight is 489 g/mol. The van der Waals surface area contributed by atoms with E-state index >= 15 is 0 Å². The van der Waals surface area contributed by atoms with Crippen molar-refractivity contribution in [1.29, 1.82) is 0 Å². The number of hydrogen-bond acceptors (Lipinski definition) is 9. The van der Waals surface area contributed by atoms with E-state index in [0.717, 1.165) is 25.0 Å². The van der Waals surface area contributed by atoms with Crippen LogP contribution in [0, 0.1) is 0 Å². The fourth-order valence-electron chi connectivity index (χ4n) is 4.66. The molecule has 0 spiro atoms. The number of fused-ring (bicyclic) bond motifs is 1. The van der Waals surface area contributed by atoms with Gasteiger partial charge >= 0.3 is 7.94 Å². The first kappa shape index (κ1) is 23.5. The van der Waals surface area contributed by atoms with Gasteiger partial charge in [0.15, 0.2) is 11.5 Å². The SMILES string of the molecule is CCO[P+](O)(O)c1cc(N2CCOC[C@H]2C)nc2c(-c3ccnn3C3CCCCO3)nccc12. The van der Waals surface area contributed by atoms with Gasteiger partial charge in [-0.25, -0.2) is 9.67 Å². The summed E-state index contributed by atoms with van der Waals surface area (Å²) in [5.74, 6) is 0.639. The van der Waals surface area contributed by atoms with Crippen LogP contribution in [0.25, 0.3) is 22.3 Å². The van der Waals surface area contributed by atoms with E-state index in [1.165, 1.54) is 0 Å². The third kappa shape index (κ3) is 4.42. The van der Waals surface area contributed by atoms with Crippen LogP contribution in [0.5, 0.6) is 0 Å². The molecule has 0 aliphatic carbocycles. The van der Waals surface area contributed by atoms with Crippen molar-refractivity contribution in [3.05, 3.63) is 30.6 Å². The Balaban J connectivity index is 1.70. The molecule has 5 rings (SSSR count). The van der Waals surface area contributed by atoms with Gasteiger partial charge in [-0.15, -0.1) is 0 Å². The Morgan fingerprint density at radius 2 is 2.09 bits per heavy atom. The minimum Gasteiger partial charge on any atom is -0.377 e. The number of aromatic nitrogens is 4. The van der Waals surface area contributed by atoms with E-state index in [-0.39, 0.29) is 18.9 Å². The number of rotatable bonds is 6. The molecule has 3 aromatic heterocycles. The number of ether oxygens (including phenoxy) is 2. The van der Waals surface area contributed by atoms with Crippen LogP contribution in [-0.4, -0.2) is 68.5 Å². The largest absolute Gasteiger partial charge is 0.444 e. The Bertz CT molecular complexity index is 1150. The first-order valence-electron chi connectivity index (χ1n) is 11.8. The Morgan fingerprint density at radius 3 is 2.85 bits per heavy atom. The molecule has 182 valence electrons. The fraction of sp³-hybridized carbons (Fsp3) is 0.522. The Labute approximate surface area is 199 Å². The van der Waals surface area contributed by atoms with Crippen molar-refractivity contribution in [3.8, 4) is 11.4 Å². The summed E-state index contributed by atoms with van der Waals surface area (Å²) in [5, 5.41) is 5.45. The van der Waals surface area contributed by atoms with Gasteiger partial charge < -0.3 is 14.4 Å². The van der Waals surface area contributed by atoms with Crippen LogP contribution in [0.15, 0.2) is 30.6 Å². The zero-order valence-electron chi connectivity index (χ0n) is 19.5. The monoisotopic (exact) mass is 488 g/mol. The molecular weight excluding hydrogens is 457 g/mol. The van der Waals surface area contributed by atoms with Gasteiger partial charge in [0, 0.05) is 31.6 Å². The molecule has 2 saturated heterocycles. The van der Waals surface area contributed by atoms with Gasteiger partial charge in [-0.2, -0.15) is 19.4 Å². The Morgan fingerprint density at radius 1 is 1.21 bits per heavy atom. The molecule has 0 amide bonds. The highest BCUT2D eigenvalue weighted by atomic mass is 31.2. The molecule has 2 N–H and O–H groups in total. The van der Waals surface area contributed by atoms with Crippen molar-refractivity contribution in [2.24, 2.45) is 0 Å². The van der Waals surface area contributed by atoms with Crippen LogP contribution in [0.1, 0.15) is 39.3 Å². The lowest BCUT2D eigenvalue weighted by Gasteiger charge is -2.34. The summed E-state index contributed by atoms with van der Waals surface area (Å²) in [4.78, 5) is 33.7.